The Hall–Kier alpha value is -1.62. The number of para-hydroxylation sites is 1. The molecule has 1 aromatic rings. The van der Waals surface area contributed by atoms with Crippen LogP contribution in [0.4, 0.5) is 0 Å². The first-order valence-corrected chi connectivity index (χ1v) is 6.84. The number of hydrogen-bond donors (Lipinski definition) is 1. The highest BCUT2D eigenvalue weighted by Gasteiger charge is 2.54. The van der Waals surface area contributed by atoms with Crippen LogP contribution in [0.25, 0.3) is 0 Å². The Morgan fingerprint density at radius 1 is 1.37 bits per heavy atom. The molecule has 0 bridgehead atoms. The van der Waals surface area contributed by atoms with E-state index in [4.69, 9.17) is 22.7 Å². The zero-order chi connectivity index (χ0) is 13.5. The summed E-state index contributed by atoms with van der Waals surface area (Å²) in [5, 5.41) is 0. The van der Waals surface area contributed by atoms with Crippen molar-refractivity contribution in [3.05, 3.63) is 29.8 Å². The molecule has 0 aromatic heterocycles. The largest absolute Gasteiger partial charge is 0.491 e. The van der Waals surface area contributed by atoms with Crippen LogP contribution in [-0.2, 0) is 11.3 Å². The first kappa shape index (κ1) is 12.4. The summed E-state index contributed by atoms with van der Waals surface area (Å²) < 4.78 is 5.66. The Kier molecular flexibility index (Phi) is 2.93. The number of fused-ring (bicyclic) bond motifs is 1. The minimum atomic E-state index is -0.575. The molecule has 0 saturated heterocycles. The summed E-state index contributed by atoms with van der Waals surface area (Å²) in [6.45, 7) is 1.66. The molecule has 1 aliphatic carbocycles. The molecule has 1 fully saturated rings. The van der Waals surface area contributed by atoms with Crippen molar-refractivity contribution in [2.24, 2.45) is 11.1 Å². The smallest absolute Gasteiger partial charge is 0.236 e. The Morgan fingerprint density at radius 2 is 2.11 bits per heavy atom. The Morgan fingerprint density at radius 3 is 2.79 bits per heavy atom. The predicted molar refractivity (Wildman–Crippen MR) is 75.8 cm³/mol. The van der Waals surface area contributed by atoms with Gasteiger partial charge in [-0.05, 0) is 18.9 Å². The zero-order valence-corrected chi connectivity index (χ0v) is 11.4. The van der Waals surface area contributed by atoms with Gasteiger partial charge in [-0.3, -0.25) is 4.79 Å². The fourth-order valence-electron chi connectivity index (χ4n) is 2.49. The van der Waals surface area contributed by atoms with Crippen molar-refractivity contribution >= 4 is 23.1 Å². The first-order chi connectivity index (χ1) is 9.13. The van der Waals surface area contributed by atoms with Gasteiger partial charge in [-0.25, -0.2) is 0 Å². The average Bonchev–Trinajstić information content (AvgIpc) is 3.21. The van der Waals surface area contributed by atoms with Gasteiger partial charge in [0.25, 0.3) is 0 Å². The fraction of sp³-hybridized carbons (Fsp3) is 0.429. The van der Waals surface area contributed by atoms with E-state index in [0.717, 1.165) is 24.2 Å². The summed E-state index contributed by atoms with van der Waals surface area (Å²) in [6, 6.07) is 7.81. The van der Waals surface area contributed by atoms with Crippen molar-refractivity contribution in [3.8, 4) is 5.75 Å². The molecule has 19 heavy (non-hydrogen) atoms. The SMILES string of the molecule is NC(=S)C1(C(=O)N2CCOc3ccccc3C2)CC1. The molecule has 1 aromatic carbocycles. The molecule has 1 aliphatic heterocycles. The molecule has 2 aliphatic rings. The molecule has 2 N–H and O–H groups in total. The number of nitrogens with two attached hydrogens (primary N) is 1. The number of carbonyl (C=O) groups excluding carboxylic acids is 1. The van der Waals surface area contributed by atoms with E-state index in [2.05, 4.69) is 0 Å². The second-order valence-electron chi connectivity index (χ2n) is 5.13. The van der Waals surface area contributed by atoms with Crippen LogP contribution in [0.5, 0.6) is 5.75 Å². The molecule has 3 rings (SSSR count). The van der Waals surface area contributed by atoms with Gasteiger partial charge in [0.05, 0.1) is 16.9 Å². The van der Waals surface area contributed by atoms with Gasteiger partial charge in [-0.2, -0.15) is 0 Å². The number of nitrogens with zero attached hydrogens (tertiary/aromatic N) is 1. The number of benzene rings is 1. The number of hydrogen-bond acceptors (Lipinski definition) is 3. The minimum Gasteiger partial charge on any atom is -0.491 e. The lowest BCUT2D eigenvalue weighted by atomic mass is 10.0. The molecule has 0 unspecified atom stereocenters. The van der Waals surface area contributed by atoms with Crippen LogP contribution in [0.3, 0.4) is 0 Å². The van der Waals surface area contributed by atoms with Gasteiger partial charge >= 0.3 is 0 Å². The number of ether oxygens (including phenoxy) is 1. The zero-order valence-electron chi connectivity index (χ0n) is 10.6. The van der Waals surface area contributed by atoms with E-state index < -0.39 is 5.41 Å². The van der Waals surface area contributed by atoms with Crippen molar-refractivity contribution in [2.45, 2.75) is 19.4 Å². The monoisotopic (exact) mass is 276 g/mol. The van der Waals surface area contributed by atoms with Gasteiger partial charge in [0, 0.05) is 12.1 Å². The highest BCUT2D eigenvalue weighted by molar-refractivity contribution is 7.80. The van der Waals surface area contributed by atoms with Gasteiger partial charge in [0.1, 0.15) is 12.4 Å². The number of carbonyl (C=O) groups is 1. The van der Waals surface area contributed by atoms with Crippen LogP contribution in [0.1, 0.15) is 18.4 Å². The lowest BCUT2D eigenvalue weighted by molar-refractivity contribution is -0.135. The summed E-state index contributed by atoms with van der Waals surface area (Å²) >= 11 is 5.05. The van der Waals surface area contributed by atoms with E-state index in [1.807, 2.05) is 29.2 Å². The summed E-state index contributed by atoms with van der Waals surface area (Å²) in [7, 11) is 0. The molecule has 1 heterocycles. The molecule has 0 spiro atoms. The molecule has 0 radical (unpaired) electrons. The Bertz CT molecular complexity index is 540. The van der Waals surface area contributed by atoms with Gasteiger partial charge in [-0.15, -0.1) is 0 Å². The van der Waals surface area contributed by atoms with Crippen LogP contribution < -0.4 is 10.5 Å². The topological polar surface area (TPSA) is 55.6 Å². The maximum absolute atomic E-state index is 12.6. The number of amides is 1. The summed E-state index contributed by atoms with van der Waals surface area (Å²) in [4.78, 5) is 14.7. The molecular weight excluding hydrogens is 260 g/mol. The van der Waals surface area contributed by atoms with E-state index in [1.165, 1.54) is 0 Å². The highest BCUT2D eigenvalue weighted by Crippen LogP contribution is 2.48. The maximum atomic E-state index is 12.6. The van der Waals surface area contributed by atoms with Crippen LogP contribution in [0, 0.1) is 5.41 Å². The van der Waals surface area contributed by atoms with Crippen molar-refractivity contribution in [3.63, 3.8) is 0 Å². The third-order valence-corrected chi connectivity index (χ3v) is 4.26. The van der Waals surface area contributed by atoms with Crippen molar-refractivity contribution in [1.29, 1.82) is 0 Å². The van der Waals surface area contributed by atoms with Gasteiger partial charge in [0.15, 0.2) is 0 Å². The van der Waals surface area contributed by atoms with Gasteiger partial charge in [-0.1, -0.05) is 30.4 Å². The standard InChI is InChI=1S/C14H16N2O2S/c15-12(19)14(5-6-14)13(17)16-7-8-18-11-4-2-1-3-10(11)9-16/h1-4H,5-9H2,(H2,15,19). The highest BCUT2D eigenvalue weighted by atomic mass is 32.1. The van der Waals surface area contributed by atoms with Crippen molar-refractivity contribution in [1.82, 2.24) is 4.90 Å². The molecular formula is C14H16N2O2S. The molecule has 1 saturated carbocycles. The third kappa shape index (κ3) is 2.08. The van der Waals surface area contributed by atoms with E-state index in [1.54, 1.807) is 0 Å². The quantitative estimate of drug-likeness (QED) is 0.831. The van der Waals surface area contributed by atoms with Crippen LogP contribution in [-0.4, -0.2) is 28.9 Å². The second-order valence-corrected chi connectivity index (χ2v) is 5.57. The molecule has 0 atom stereocenters. The minimum absolute atomic E-state index is 0.0558. The molecule has 5 heteroatoms. The van der Waals surface area contributed by atoms with Gasteiger partial charge in [0.2, 0.25) is 5.91 Å². The summed E-state index contributed by atoms with van der Waals surface area (Å²) in [5.41, 5.74) is 6.19. The fourth-order valence-corrected chi connectivity index (χ4v) is 2.78. The molecule has 1 amide bonds. The van der Waals surface area contributed by atoms with Gasteiger partial charge < -0.3 is 15.4 Å². The lowest BCUT2D eigenvalue weighted by Gasteiger charge is -2.24. The predicted octanol–water partition coefficient (Wildman–Crippen LogP) is 1.47. The maximum Gasteiger partial charge on any atom is 0.236 e. The second kappa shape index (κ2) is 4.49. The average molecular weight is 276 g/mol. The molecule has 4 nitrogen and oxygen atoms in total. The van der Waals surface area contributed by atoms with E-state index in [0.29, 0.717) is 24.7 Å². The van der Waals surface area contributed by atoms with Crippen molar-refractivity contribution < 1.29 is 9.53 Å². The number of thiocarbonyl (C=S) groups is 1. The van der Waals surface area contributed by atoms with E-state index >= 15 is 0 Å². The first-order valence-electron chi connectivity index (χ1n) is 6.43. The van der Waals surface area contributed by atoms with E-state index in [-0.39, 0.29) is 5.91 Å². The van der Waals surface area contributed by atoms with Crippen LogP contribution >= 0.6 is 12.2 Å². The Balaban J connectivity index is 1.83. The number of rotatable bonds is 2. The van der Waals surface area contributed by atoms with Crippen LogP contribution in [0.15, 0.2) is 24.3 Å². The van der Waals surface area contributed by atoms with Crippen LogP contribution in [0.2, 0.25) is 0 Å². The third-order valence-electron chi connectivity index (χ3n) is 3.87. The molecule has 100 valence electrons. The lowest BCUT2D eigenvalue weighted by Crippen LogP contribution is -2.43. The normalized spacial score (nSPS) is 19.9. The van der Waals surface area contributed by atoms with Crippen molar-refractivity contribution in [2.75, 3.05) is 13.2 Å². The summed E-state index contributed by atoms with van der Waals surface area (Å²) in [6.07, 6.45) is 1.56. The van der Waals surface area contributed by atoms with E-state index in [9.17, 15) is 4.79 Å². The Labute approximate surface area is 117 Å². The summed E-state index contributed by atoms with van der Waals surface area (Å²) in [5.74, 6) is 0.915.